The van der Waals surface area contributed by atoms with Gasteiger partial charge in [-0.05, 0) is 25.5 Å². The second-order valence-electron chi connectivity index (χ2n) is 4.66. The summed E-state index contributed by atoms with van der Waals surface area (Å²) in [5, 5.41) is 5.42. The number of anilines is 2. The third kappa shape index (κ3) is 6.97. The molecule has 1 rings (SSSR count). The molecule has 0 aliphatic carbocycles. The largest absolute Gasteiger partial charge is 0.497 e. The molecular formula is C14H22ClN3O3. The molecule has 0 heterocycles. The highest BCUT2D eigenvalue weighted by Crippen LogP contribution is 2.27. The Morgan fingerprint density at radius 2 is 1.95 bits per heavy atom. The van der Waals surface area contributed by atoms with E-state index in [1.807, 2.05) is 6.92 Å². The summed E-state index contributed by atoms with van der Waals surface area (Å²) in [6, 6.07) is 5.03. The second kappa shape index (κ2) is 9.20. The summed E-state index contributed by atoms with van der Waals surface area (Å²) in [6.07, 6.45) is 0.930. The van der Waals surface area contributed by atoms with Crippen molar-refractivity contribution >= 4 is 35.6 Å². The van der Waals surface area contributed by atoms with Crippen LogP contribution in [0.15, 0.2) is 18.2 Å². The quantitative estimate of drug-likeness (QED) is 0.749. The highest BCUT2D eigenvalue weighted by Gasteiger charge is 2.10. The molecule has 0 bridgehead atoms. The van der Waals surface area contributed by atoms with Gasteiger partial charge in [0.15, 0.2) is 0 Å². The van der Waals surface area contributed by atoms with Crippen LogP contribution in [-0.4, -0.2) is 25.0 Å². The minimum atomic E-state index is -0.207. The van der Waals surface area contributed by atoms with Crippen molar-refractivity contribution in [2.24, 2.45) is 5.73 Å². The molecule has 118 valence electrons. The van der Waals surface area contributed by atoms with E-state index in [0.29, 0.717) is 30.0 Å². The minimum Gasteiger partial charge on any atom is -0.497 e. The van der Waals surface area contributed by atoms with Crippen LogP contribution in [0.1, 0.15) is 26.7 Å². The van der Waals surface area contributed by atoms with Gasteiger partial charge in [0.25, 0.3) is 0 Å². The Kier molecular flexibility index (Phi) is 8.42. The lowest BCUT2D eigenvalue weighted by Gasteiger charge is -2.13. The lowest BCUT2D eigenvalue weighted by atomic mass is 10.2. The molecule has 0 saturated carbocycles. The summed E-state index contributed by atoms with van der Waals surface area (Å²) >= 11 is 0. The van der Waals surface area contributed by atoms with E-state index in [1.54, 1.807) is 18.2 Å². The van der Waals surface area contributed by atoms with E-state index in [9.17, 15) is 9.59 Å². The lowest BCUT2D eigenvalue weighted by Crippen LogP contribution is -2.20. The number of rotatable bonds is 6. The number of amides is 2. The summed E-state index contributed by atoms with van der Waals surface area (Å²) in [4.78, 5) is 23.0. The van der Waals surface area contributed by atoms with Gasteiger partial charge in [-0.3, -0.25) is 9.59 Å². The topological polar surface area (TPSA) is 93.5 Å². The van der Waals surface area contributed by atoms with Gasteiger partial charge in [-0.25, -0.2) is 0 Å². The fourth-order valence-electron chi connectivity index (χ4n) is 1.62. The Hall–Kier alpha value is -1.79. The highest BCUT2D eigenvalue weighted by molar-refractivity contribution is 5.99. The molecule has 1 aromatic rings. The van der Waals surface area contributed by atoms with Gasteiger partial charge in [0.1, 0.15) is 5.75 Å². The smallest absolute Gasteiger partial charge is 0.224 e. The van der Waals surface area contributed by atoms with E-state index >= 15 is 0 Å². The number of nitrogens with two attached hydrogens (primary N) is 1. The van der Waals surface area contributed by atoms with Gasteiger partial charge in [0.05, 0.1) is 18.5 Å². The zero-order valence-corrected chi connectivity index (χ0v) is 13.3. The van der Waals surface area contributed by atoms with Crippen LogP contribution in [0.3, 0.4) is 0 Å². The number of ether oxygens (including phenoxy) is 1. The van der Waals surface area contributed by atoms with Gasteiger partial charge in [-0.2, -0.15) is 0 Å². The van der Waals surface area contributed by atoms with E-state index in [2.05, 4.69) is 10.6 Å². The number of hydrogen-bond acceptors (Lipinski definition) is 4. The Balaban J connectivity index is 0.00000400. The van der Waals surface area contributed by atoms with Crippen LogP contribution in [0.25, 0.3) is 0 Å². The number of carbonyl (C=O) groups excluding carboxylic acids is 2. The van der Waals surface area contributed by atoms with Crippen molar-refractivity contribution < 1.29 is 14.3 Å². The predicted octanol–water partition coefficient (Wildman–Crippen LogP) is 2.14. The van der Waals surface area contributed by atoms with Crippen molar-refractivity contribution in [1.82, 2.24) is 0 Å². The number of hydrogen-bond donors (Lipinski definition) is 3. The Morgan fingerprint density at radius 1 is 1.29 bits per heavy atom. The first-order chi connectivity index (χ1) is 9.42. The first kappa shape index (κ1) is 19.2. The molecule has 1 unspecified atom stereocenters. The number of carbonyl (C=O) groups is 2. The maximum absolute atomic E-state index is 11.8. The second-order valence-corrected chi connectivity index (χ2v) is 4.66. The van der Waals surface area contributed by atoms with E-state index in [-0.39, 0.29) is 30.3 Å². The van der Waals surface area contributed by atoms with Crippen LogP contribution in [0.5, 0.6) is 5.75 Å². The van der Waals surface area contributed by atoms with Crippen LogP contribution < -0.4 is 21.1 Å². The molecule has 0 radical (unpaired) electrons. The SMILES string of the molecule is COc1ccc(NC(C)=O)c(NC(=O)CCC(C)N)c1.Cl. The molecule has 0 spiro atoms. The maximum atomic E-state index is 11.8. The van der Waals surface area contributed by atoms with Crippen LogP contribution in [-0.2, 0) is 9.59 Å². The minimum absolute atomic E-state index is 0. The maximum Gasteiger partial charge on any atom is 0.224 e. The average molecular weight is 316 g/mol. The van der Waals surface area contributed by atoms with Crippen LogP contribution in [0.4, 0.5) is 11.4 Å². The summed E-state index contributed by atoms with van der Waals surface area (Å²) in [6.45, 7) is 3.26. The molecule has 4 N–H and O–H groups in total. The van der Waals surface area contributed by atoms with Crippen molar-refractivity contribution in [3.8, 4) is 5.75 Å². The van der Waals surface area contributed by atoms with Gasteiger partial charge < -0.3 is 21.1 Å². The molecule has 0 aliphatic heterocycles. The Labute approximate surface area is 130 Å². The fourth-order valence-corrected chi connectivity index (χ4v) is 1.62. The molecule has 6 nitrogen and oxygen atoms in total. The van der Waals surface area contributed by atoms with E-state index in [4.69, 9.17) is 10.5 Å². The van der Waals surface area contributed by atoms with Crippen LogP contribution in [0, 0.1) is 0 Å². The van der Waals surface area contributed by atoms with Gasteiger partial charge in [0.2, 0.25) is 11.8 Å². The summed E-state index contributed by atoms with van der Waals surface area (Å²) < 4.78 is 5.11. The van der Waals surface area contributed by atoms with Crippen LogP contribution in [0.2, 0.25) is 0 Å². The summed E-state index contributed by atoms with van der Waals surface area (Å²) in [5.74, 6) is 0.241. The zero-order chi connectivity index (χ0) is 15.1. The first-order valence-electron chi connectivity index (χ1n) is 6.43. The molecule has 1 atom stereocenters. The van der Waals surface area contributed by atoms with E-state index in [1.165, 1.54) is 14.0 Å². The predicted molar refractivity (Wildman–Crippen MR) is 86.1 cm³/mol. The summed E-state index contributed by atoms with van der Waals surface area (Å²) in [7, 11) is 1.54. The molecule has 0 aromatic heterocycles. The lowest BCUT2D eigenvalue weighted by molar-refractivity contribution is -0.116. The van der Waals surface area contributed by atoms with Crippen molar-refractivity contribution in [3.63, 3.8) is 0 Å². The third-order valence-corrected chi connectivity index (χ3v) is 2.64. The molecule has 0 saturated heterocycles. The Bertz CT molecular complexity index is 492. The van der Waals surface area contributed by atoms with Gasteiger partial charge in [-0.1, -0.05) is 0 Å². The standard InChI is InChI=1S/C14H21N3O3.ClH/c1-9(15)4-7-14(19)17-13-8-11(20-3)5-6-12(13)16-10(2)18;/h5-6,8-9H,4,7,15H2,1-3H3,(H,16,18)(H,17,19);1H. The van der Waals surface area contributed by atoms with Gasteiger partial charge in [-0.15, -0.1) is 12.4 Å². The molecule has 0 fully saturated rings. The Morgan fingerprint density at radius 3 is 2.48 bits per heavy atom. The monoisotopic (exact) mass is 315 g/mol. The molecular weight excluding hydrogens is 294 g/mol. The molecule has 21 heavy (non-hydrogen) atoms. The fraction of sp³-hybridized carbons (Fsp3) is 0.429. The normalized spacial score (nSPS) is 11.0. The van der Waals surface area contributed by atoms with Crippen LogP contribution >= 0.6 is 12.4 Å². The van der Waals surface area contributed by atoms with Gasteiger partial charge >= 0.3 is 0 Å². The van der Waals surface area contributed by atoms with Crippen molar-refractivity contribution in [2.45, 2.75) is 32.7 Å². The molecule has 2 amide bonds. The molecule has 0 aliphatic rings. The van der Waals surface area contributed by atoms with Crippen molar-refractivity contribution in [2.75, 3.05) is 17.7 Å². The molecule has 7 heteroatoms. The first-order valence-corrected chi connectivity index (χ1v) is 6.43. The summed E-state index contributed by atoms with van der Waals surface area (Å²) in [5.41, 5.74) is 6.66. The number of benzene rings is 1. The third-order valence-electron chi connectivity index (χ3n) is 2.64. The van der Waals surface area contributed by atoms with E-state index < -0.39 is 0 Å². The van der Waals surface area contributed by atoms with Gasteiger partial charge in [0, 0.05) is 25.5 Å². The number of methoxy groups -OCH3 is 1. The zero-order valence-electron chi connectivity index (χ0n) is 12.4. The van der Waals surface area contributed by atoms with Crippen molar-refractivity contribution in [1.29, 1.82) is 0 Å². The molecule has 1 aromatic carbocycles. The highest BCUT2D eigenvalue weighted by atomic mass is 35.5. The van der Waals surface area contributed by atoms with E-state index in [0.717, 1.165) is 0 Å². The average Bonchev–Trinajstić information content (AvgIpc) is 2.38. The number of halogens is 1. The van der Waals surface area contributed by atoms with Crippen molar-refractivity contribution in [3.05, 3.63) is 18.2 Å². The number of nitrogens with one attached hydrogen (secondary N) is 2.